The van der Waals surface area contributed by atoms with Crippen LogP contribution in [-0.2, 0) is 26.2 Å². The van der Waals surface area contributed by atoms with Crippen LogP contribution in [0, 0.1) is 12.7 Å². The third-order valence-electron chi connectivity index (χ3n) is 5.79. The molecule has 1 N–H and O–H groups in total. The van der Waals surface area contributed by atoms with Crippen molar-refractivity contribution in [1.29, 1.82) is 0 Å². The average molecular weight is 591 g/mol. The molecule has 0 saturated heterocycles. The molecule has 0 saturated carbocycles. The van der Waals surface area contributed by atoms with Crippen LogP contribution in [0.1, 0.15) is 25.0 Å². The van der Waals surface area contributed by atoms with Gasteiger partial charge in [-0.15, -0.1) is 0 Å². The number of halogens is 2. The van der Waals surface area contributed by atoms with Crippen LogP contribution in [0.15, 0.2) is 82.2 Å². The molecule has 0 bridgehead atoms. The molecule has 3 rings (SSSR count). The first-order valence-corrected chi connectivity index (χ1v) is 13.9. The number of para-hydroxylation sites is 1. The van der Waals surface area contributed by atoms with Gasteiger partial charge in [-0.3, -0.25) is 13.9 Å². The summed E-state index contributed by atoms with van der Waals surface area (Å²) >= 11 is 3.37. The van der Waals surface area contributed by atoms with E-state index in [2.05, 4.69) is 21.2 Å². The van der Waals surface area contributed by atoms with Crippen molar-refractivity contribution < 1.29 is 22.4 Å². The Kier molecular flexibility index (Phi) is 9.45. The number of benzene rings is 3. The second kappa shape index (κ2) is 12.3. The van der Waals surface area contributed by atoms with Gasteiger partial charge in [0.1, 0.15) is 18.4 Å². The van der Waals surface area contributed by atoms with Crippen molar-refractivity contribution in [2.24, 2.45) is 0 Å². The van der Waals surface area contributed by atoms with Gasteiger partial charge in [0.25, 0.3) is 10.0 Å². The van der Waals surface area contributed by atoms with Crippen LogP contribution in [0.25, 0.3) is 0 Å². The van der Waals surface area contributed by atoms with E-state index in [-0.39, 0.29) is 23.0 Å². The summed E-state index contributed by atoms with van der Waals surface area (Å²) in [6, 6.07) is 17.8. The van der Waals surface area contributed by atoms with Crippen LogP contribution in [0.3, 0.4) is 0 Å². The number of rotatable bonds is 10. The number of nitrogens with zero attached hydrogens (tertiary/aromatic N) is 2. The molecule has 0 unspecified atom stereocenters. The Morgan fingerprint density at radius 3 is 2.22 bits per heavy atom. The first kappa shape index (κ1) is 28.3. The number of nitrogens with one attached hydrogen (secondary N) is 1. The van der Waals surface area contributed by atoms with Crippen molar-refractivity contribution in [2.75, 3.05) is 17.4 Å². The fraction of sp³-hybridized carbons (Fsp3) is 0.259. The number of aryl methyl sites for hydroxylation is 1. The Hall–Kier alpha value is -3.24. The summed E-state index contributed by atoms with van der Waals surface area (Å²) in [6.07, 6.45) is 0. The van der Waals surface area contributed by atoms with Crippen molar-refractivity contribution in [1.82, 2.24) is 10.2 Å². The minimum Gasteiger partial charge on any atom is -0.355 e. The highest BCUT2D eigenvalue weighted by Gasteiger charge is 2.33. The second-order valence-corrected chi connectivity index (χ2v) is 11.3. The fourth-order valence-corrected chi connectivity index (χ4v) is 5.38. The third kappa shape index (κ3) is 6.95. The number of hydrogen-bond acceptors (Lipinski definition) is 4. The molecule has 196 valence electrons. The van der Waals surface area contributed by atoms with Gasteiger partial charge in [-0.2, -0.15) is 0 Å². The molecule has 2 amide bonds. The van der Waals surface area contributed by atoms with Gasteiger partial charge in [0.2, 0.25) is 11.8 Å². The molecule has 0 spiro atoms. The lowest BCUT2D eigenvalue weighted by Gasteiger charge is -2.32. The zero-order chi connectivity index (χ0) is 27.2. The lowest BCUT2D eigenvalue weighted by atomic mass is 10.1. The Morgan fingerprint density at radius 2 is 1.62 bits per heavy atom. The van der Waals surface area contributed by atoms with Gasteiger partial charge < -0.3 is 10.2 Å². The topological polar surface area (TPSA) is 86.8 Å². The molecular formula is C27H29BrFN3O4S. The van der Waals surface area contributed by atoms with Crippen molar-refractivity contribution in [3.05, 3.63) is 94.2 Å². The molecule has 0 fully saturated rings. The van der Waals surface area contributed by atoms with Crippen LogP contribution >= 0.6 is 15.9 Å². The van der Waals surface area contributed by atoms with Crippen molar-refractivity contribution in [3.8, 4) is 0 Å². The predicted octanol–water partition coefficient (Wildman–Crippen LogP) is 4.65. The molecule has 0 aliphatic heterocycles. The lowest BCUT2D eigenvalue weighted by Crippen LogP contribution is -2.51. The molecule has 10 heteroatoms. The van der Waals surface area contributed by atoms with Crippen molar-refractivity contribution in [2.45, 2.75) is 38.3 Å². The van der Waals surface area contributed by atoms with E-state index in [0.717, 1.165) is 26.0 Å². The molecule has 0 aliphatic carbocycles. The van der Waals surface area contributed by atoms with E-state index in [9.17, 15) is 22.4 Å². The van der Waals surface area contributed by atoms with Crippen LogP contribution in [0.4, 0.5) is 10.1 Å². The highest BCUT2D eigenvalue weighted by Crippen LogP contribution is 2.27. The van der Waals surface area contributed by atoms with E-state index in [1.165, 1.54) is 35.2 Å². The molecule has 0 aliphatic rings. The minimum absolute atomic E-state index is 0.0557. The molecule has 0 heterocycles. The van der Waals surface area contributed by atoms with Gasteiger partial charge in [-0.05, 0) is 62.7 Å². The fourth-order valence-electron chi connectivity index (χ4n) is 3.70. The zero-order valence-corrected chi connectivity index (χ0v) is 23.2. The van der Waals surface area contributed by atoms with Gasteiger partial charge in [0.15, 0.2) is 0 Å². The van der Waals surface area contributed by atoms with Gasteiger partial charge in [0, 0.05) is 17.6 Å². The van der Waals surface area contributed by atoms with E-state index >= 15 is 0 Å². The summed E-state index contributed by atoms with van der Waals surface area (Å²) in [5.41, 5.74) is 1.33. The normalized spacial score (nSPS) is 12.0. The van der Waals surface area contributed by atoms with Crippen LogP contribution in [0.2, 0.25) is 0 Å². The first-order valence-electron chi connectivity index (χ1n) is 11.7. The molecule has 3 aromatic rings. The molecule has 0 radical (unpaired) electrons. The van der Waals surface area contributed by atoms with Gasteiger partial charge in [-0.1, -0.05) is 57.9 Å². The number of amides is 2. The van der Waals surface area contributed by atoms with Gasteiger partial charge >= 0.3 is 0 Å². The Morgan fingerprint density at radius 1 is 1.00 bits per heavy atom. The van der Waals surface area contributed by atoms with E-state index < -0.39 is 34.3 Å². The number of sulfonamides is 1. The minimum atomic E-state index is -4.32. The summed E-state index contributed by atoms with van der Waals surface area (Å²) in [6.45, 7) is 4.88. The first-order chi connectivity index (χ1) is 17.5. The predicted molar refractivity (Wildman–Crippen MR) is 145 cm³/mol. The summed E-state index contributed by atoms with van der Waals surface area (Å²) < 4.78 is 43.8. The second-order valence-electron chi connectivity index (χ2n) is 8.49. The highest BCUT2D eigenvalue weighted by atomic mass is 79.9. The molecule has 1 atom stereocenters. The summed E-state index contributed by atoms with van der Waals surface area (Å²) in [5.74, 6) is -1.82. The van der Waals surface area contributed by atoms with Crippen molar-refractivity contribution in [3.63, 3.8) is 0 Å². The van der Waals surface area contributed by atoms with E-state index in [1.807, 2.05) is 19.1 Å². The Bertz CT molecular complexity index is 1350. The lowest BCUT2D eigenvalue weighted by molar-refractivity contribution is -0.139. The maximum absolute atomic E-state index is 14.9. The SMILES string of the molecule is CCNC(=O)[C@H](C)N(Cc1ccc(Br)cc1)C(=O)CN(c1ccccc1F)S(=O)(=O)c1ccc(C)cc1. The van der Waals surface area contributed by atoms with Crippen molar-refractivity contribution >= 4 is 43.5 Å². The monoisotopic (exact) mass is 589 g/mol. The number of hydrogen-bond donors (Lipinski definition) is 1. The molecular weight excluding hydrogens is 561 g/mol. The maximum Gasteiger partial charge on any atom is 0.264 e. The number of carbonyl (C=O) groups is 2. The smallest absolute Gasteiger partial charge is 0.264 e. The van der Waals surface area contributed by atoms with Crippen LogP contribution < -0.4 is 9.62 Å². The van der Waals surface area contributed by atoms with Crippen LogP contribution in [-0.4, -0.2) is 44.3 Å². The quantitative estimate of drug-likeness (QED) is 0.373. The summed E-state index contributed by atoms with van der Waals surface area (Å²) in [7, 11) is -4.32. The standard InChI is InChI=1S/C27H29BrFN3O4S/c1-4-30-27(34)20(3)31(17-21-11-13-22(28)14-12-21)26(33)18-32(25-8-6-5-7-24(25)29)37(35,36)23-15-9-19(2)10-16-23/h5-16,20H,4,17-18H2,1-3H3,(H,30,34)/t20-/m0/s1. The number of anilines is 1. The maximum atomic E-state index is 14.9. The Labute approximate surface area is 225 Å². The summed E-state index contributed by atoms with van der Waals surface area (Å²) in [5, 5.41) is 2.70. The average Bonchev–Trinajstić information content (AvgIpc) is 2.87. The number of carbonyl (C=O) groups excluding carboxylic acids is 2. The highest BCUT2D eigenvalue weighted by molar-refractivity contribution is 9.10. The molecule has 7 nitrogen and oxygen atoms in total. The van der Waals surface area contributed by atoms with Crippen LogP contribution in [0.5, 0.6) is 0 Å². The Balaban J connectivity index is 2.03. The van der Waals surface area contributed by atoms with Gasteiger partial charge in [0.05, 0.1) is 10.6 Å². The van der Waals surface area contributed by atoms with E-state index in [4.69, 9.17) is 0 Å². The third-order valence-corrected chi connectivity index (χ3v) is 8.10. The largest absolute Gasteiger partial charge is 0.355 e. The molecule has 3 aromatic carbocycles. The number of likely N-dealkylation sites (N-methyl/N-ethyl adjacent to an activating group) is 1. The summed E-state index contributed by atoms with van der Waals surface area (Å²) in [4.78, 5) is 27.6. The van der Waals surface area contributed by atoms with Gasteiger partial charge in [-0.25, -0.2) is 12.8 Å². The zero-order valence-electron chi connectivity index (χ0n) is 20.8. The van der Waals surface area contributed by atoms with E-state index in [1.54, 1.807) is 38.1 Å². The van der Waals surface area contributed by atoms with E-state index in [0.29, 0.717) is 6.54 Å². The molecule has 0 aromatic heterocycles. The molecule has 37 heavy (non-hydrogen) atoms.